The van der Waals surface area contributed by atoms with Gasteiger partial charge in [0.2, 0.25) is 0 Å². The van der Waals surface area contributed by atoms with E-state index in [0.29, 0.717) is 5.57 Å². The van der Waals surface area contributed by atoms with E-state index in [2.05, 4.69) is 6.92 Å². The Hall–Kier alpha value is -1.30. The average Bonchev–Trinajstić information content (AvgIpc) is 2.57. The molecule has 0 unspecified atom stereocenters. The minimum Gasteiger partial charge on any atom is -0.391 e. The van der Waals surface area contributed by atoms with Gasteiger partial charge in [-0.3, -0.25) is 19.3 Å². The van der Waals surface area contributed by atoms with Crippen LogP contribution in [0.15, 0.2) is 11.6 Å². The summed E-state index contributed by atoms with van der Waals surface area (Å²) in [5.41, 5.74) is 0.408. The van der Waals surface area contributed by atoms with E-state index in [-0.39, 0.29) is 24.8 Å². The van der Waals surface area contributed by atoms with Crippen molar-refractivity contribution in [3.05, 3.63) is 11.6 Å². The highest BCUT2D eigenvalue weighted by molar-refractivity contribution is 7.95. The fraction of sp³-hybridized carbons (Fsp3) is 0.583. The third kappa shape index (κ3) is 4.18. The first-order valence-corrected chi connectivity index (χ1v) is 6.83. The fourth-order valence-electron chi connectivity index (χ4n) is 1.40. The number of carbonyl (C=O) groups is 3. The van der Waals surface area contributed by atoms with Gasteiger partial charge in [-0.05, 0) is 13.3 Å². The van der Waals surface area contributed by atoms with Crippen LogP contribution in [0.5, 0.6) is 0 Å². The molecule has 5 nitrogen and oxygen atoms in total. The van der Waals surface area contributed by atoms with Crippen molar-refractivity contribution in [2.24, 2.45) is 0 Å². The van der Waals surface area contributed by atoms with Gasteiger partial charge < -0.3 is 4.18 Å². The second kappa shape index (κ2) is 7.20. The molecule has 0 N–H and O–H groups in total. The third-order valence-electron chi connectivity index (χ3n) is 2.46. The number of unbranched alkanes of at least 4 members (excludes halogenated alkanes) is 1. The lowest BCUT2D eigenvalue weighted by Crippen LogP contribution is -2.32. The Kier molecular flexibility index (Phi) is 5.91. The molecule has 18 heavy (non-hydrogen) atoms. The lowest BCUT2D eigenvalue weighted by atomic mass is 10.3. The van der Waals surface area contributed by atoms with Crippen LogP contribution in [0, 0.1) is 0 Å². The predicted molar refractivity (Wildman–Crippen MR) is 68.6 cm³/mol. The number of imide groups is 1. The summed E-state index contributed by atoms with van der Waals surface area (Å²) in [5.74, 6) is -0.318. The molecule has 0 spiro atoms. The molecule has 0 fully saturated rings. The summed E-state index contributed by atoms with van der Waals surface area (Å²) in [4.78, 5) is 35.3. The van der Waals surface area contributed by atoms with Crippen molar-refractivity contribution in [3.8, 4) is 0 Å². The SMILES string of the molecule is CCCCSOC(=O)CCN1C(=O)C=C(C)C1=O. The average molecular weight is 271 g/mol. The van der Waals surface area contributed by atoms with E-state index in [0.717, 1.165) is 35.5 Å². The largest absolute Gasteiger partial charge is 0.391 e. The van der Waals surface area contributed by atoms with Crippen LogP contribution in [-0.2, 0) is 18.6 Å². The number of rotatable bonds is 7. The summed E-state index contributed by atoms with van der Waals surface area (Å²) in [6, 6.07) is 0. The van der Waals surface area contributed by atoms with Crippen molar-refractivity contribution in [1.82, 2.24) is 4.90 Å². The minimum absolute atomic E-state index is 0.0394. The maximum absolute atomic E-state index is 11.5. The molecule has 0 bridgehead atoms. The molecule has 2 amide bonds. The highest BCUT2D eigenvalue weighted by atomic mass is 32.2. The van der Waals surface area contributed by atoms with Crippen LogP contribution < -0.4 is 0 Å². The first kappa shape index (κ1) is 14.8. The van der Waals surface area contributed by atoms with E-state index in [1.807, 2.05) is 0 Å². The smallest absolute Gasteiger partial charge is 0.319 e. The lowest BCUT2D eigenvalue weighted by molar-refractivity contribution is -0.138. The molecule has 100 valence electrons. The van der Waals surface area contributed by atoms with E-state index in [4.69, 9.17) is 4.18 Å². The third-order valence-corrected chi connectivity index (χ3v) is 3.22. The Bertz CT molecular complexity index is 378. The number of nitrogens with zero attached hydrogens (tertiary/aromatic N) is 1. The molecule has 1 aliphatic heterocycles. The molecule has 1 aliphatic rings. The first-order valence-electron chi connectivity index (χ1n) is 5.92. The van der Waals surface area contributed by atoms with Crippen molar-refractivity contribution < 1.29 is 18.6 Å². The maximum atomic E-state index is 11.5. The molecule has 0 saturated carbocycles. The van der Waals surface area contributed by atoms with Gasteiger partial charge in [-0.1, -0.05) is 13.3 Å². The molecule has 0 aromatic rings. The van der Waals surface area contributed by atoms with Crippen molar-refractivity contribution >= 4 is 29.8 Å². The molecule has 0 aromatic heterocycles. The highest BCUT2D eigenvalue weighted by Gasteiger charge is 2.28. The topological polar surface area (TPSA) is 63.7 Å². The van der Waals surface area contributed by atoms with Gasteiger partial charge in [-0.2, -0.15) is 0 Å². The zero-order valence-electron chi connectivity index (χ0n) is 10.6. The zero-order valence-corrected chi connectivity index (χ0v) is 11.4. The summed E-state index contributed by atoms with van der Waals surface area (Å²) in [5, 5.41) is 0. The molecule has 0 aliphatic carbocycles. The fourth-order valence-corrected chi connectivity index (χ4v) is 2.11. The Balaban J connectivity index is 2.23. The summed E-state index contributed by atoms with van der Waals surface area (Å²) < 4.78 is 4.91. The first-order chi connectivity index (χ1) is 8.56. The number of hydrogen-bond acceptors (Lipinski definition) is 5. The van der Waals surface area contributed by atoms with Gasteiger partial charge in [0, 0.05) is 23.9 Å². The van der Waals surface area contributed by atoms with Crippen LogP contribution in [0.1, 0.15) is 33.1 Å². The second-order valence-electron chi connectivity index (χ2n) is 4.00. The van der Waals surface area contributed by atoms with Crippen LogP contribution >= 0.6 is 12.0 Å². The van der Waals surface area contributed by atoms with Crippen LogP contribution in [0.2, 0.25) is 0 Å². The Morgan fingerprint density at radius 1 is 1.44 bits per heavy atom. The monoisotopic (exact) mass is 271 g/mol. The molecule has 1 rings (SSSR count). The number of amides is 2. The van der Waals surface area contributed by atoms with Crippen LogP contribution in [0.4, 0.5) is 0 Å². The summed E-state index contributed by atoms with van der Waals surface area (Å²) >= 11 is 1.12. The van der Waals surface area contributed by atoms with Crippen molar-refractivity contribution in [1.29, 1.82) is 0 Å². The quantitative estimate of drug-likeness (QED) is 0.400. The summed E-state index contributed by atoms with van der Waals surface area (Å²) in [6.07, 6.45) is 3.36. The Labute approximate surface area is 111 Å². The molecular formula is C12H17NO4S. The Morgan fingerprint density at radius 2 is 2.17 bits per heavy atom. The summed E-state index contributed by atoms with van der Waals surface area (Å²) in [7, 11) is 0. The van der Waals surface area contributed by atoms with E-state index < -0.39 is 5.97 Å². The van der Waals surface area contributed by atoms with Crippen LogP contribution in [-0.4, -0.2) is 35.0 Å². The van der Waals surface area contributed by atoms with Gasteiger partial charge in [0.25, 0.3) is 11.8 Å². The van der Waals surface area contributed by atoms with Crippen molar-refractivity contribution in [2.45, 2.75) is 33.1 Å². The minimum atomic E-state index is -0.402. The van der Waals surface area contributed by atoms with E-state index in [1.165, 1.54) is 6.08 Å². The molecule has 6 heteroatoms. The van der Waals surface area contributed by atoms with Crippen molar-refractivity contribution in [2.75, 3.05) is 12.3 Å². The van der Waals surface area contributed by atoms with Gasteiger partial charge in [-0.25, -0.2) is 0 Å². The normalized spacial score (nSPS) is 15.0. The predicted octanol–water partition coefficient (Wildman–Crippen LogP) is 1.68. The van der Waals surface area contributed by atoms with Crippen molar-refractivity contribution in [3.63, 3.8) is 0 Å². The van der Waals surface area contributed by atoms with Gasteiger partial charge >= 0.3 is 5.97 Å². The molecule has 0 radical (unpaired) electrons. The molecular weight excluding hydrogens is 254 g/mol. The van der Waals surface area contributed by atoms with Gasteiger partial charge in [0.15, 0.2) is 0 Å². The van der Waals surface area contributed by atoms with Crippen LogP contribution in [0.25, 0.3) is 0 Å². The molecule has 0 atom stereocenters. The van der Waals surface area contributed by atoms with E-state index in [1.54, 1.807) is 6.92 Å². The van der Waals surface area contributed by atoms with Gasteiger partial charge in [-0.15, -0.1) is 0 Å². The highest BCUT2D eigenvalue weighted by Crippen LogP contribution is 2.13. The van der Waals surface area contributed by atoms with Crippen LogP contribution in [0.3, 0.4) is 0 Å². The van der Waals surface area contributed by atoms with Gasteiger partial charge in [0.1, 0.15) is 0 Å². The standard InChI is InChI=1S/C12H17NO4S/c1-3-4-7-18-17-11(15)5-6-13-10(14)8-9(2)12(13)16/h8H,3-7H2,1-2H3. The zero-order chi connectivity index (χ0) is 13.5. The lowest BCUT2D eigenvalue weighted by Gasteiger charge is -2.13. The van der Waals surface area contributed by atoms with E-state index >= 15 is 0 Å². The molecule has 0 saturated heterocycles. The number of carbonyl (C=O) groups excluding carboxylic acids is 3. The molecule has 0 aromatic carbocycles. The molecule has 1 heterocycles. The second-order valence-corrected chi connectivity index (χ2v) is 4.81. The number of hydrogen-bond donors (Lipinski definition) is 0. The summed E-state index contributed by atoms with van der Waals surface area (Å²) in [6.45, 7) is 3.72. The maximum Gasteiger partial charge on any atom is 0.319 e. The van der Waals surface area contributed by atoms with E-state index in [9.17, 15) is 14.4 Å². The van der Waals surface area contributed by atoms with Gasteiger partial charge in [0.05, 0.1) is 18.5 Å². The Morgan fingerprint density at radius 3 is 2.72 bits per heavy atom.